The molecule has 0 aliphatic rings. The number of rotatable bonds is 3. The molecule has 0 saturated carbocycles. The number of ether oxygens (including phenoxy) is 1. The molecule has 76 valence electrons. The Morgan fingerprint density at radius 3 is 3.00 bits per heavy atom. The van der Waals surface area contributed by atoms with E-state index < -0.39 is 6.10 Å². The van der Waals surface area contributed by atoms with E-state index in [4.69, 9.17) is 4.74 Å². The molecular formula is C9H11BrN2O2. The van der Waals surface area contributed by atoms with E-state index in [9.17, 15) is 4.79 Å². The van der Waals surface area contributed by atoms with Crippen LogP contribution in [0, 0.1) is 0 Å². The number of hydrogen-bond acceptors (Lipinski definition) is 3. The highest BCUT2D eigenvalue weighted by Crippen LogP contribution is 2.22. The van der Waals surface area contributed by atoms with Crippen molar-refractivity contribution in [3.8, 4) is 5.75 Å². The van der Waals surface area contributed by atoms with Gasteiger partial charge in [0, 0.05) is 13.2 Å². The molecule has 0 radical (unpaired) electrons. The third-order valence-corrected chi connectivity index (χ3v) is 2.24. The minimum absolute atomic E-state index is 0.166. The molecule has 1 unspecified atom stereocenters. The zero-order valence-corrected chi connectivity index (χ0v) is 9.54. The van der Waals surface area contributed by atoms with Crippen molar-refractivity contribution in [2.75, 3.05) is 7.05 Å². The number of nitrogens with one attached hydrogen (secondary N) is 1. The van der Waals surface area contributed by atoms with Gasteiger partial charge in [-0.1, -0.05) is 0 Å². The van der Waals surface area contributed by atoms with E-state index in [2.05, 4.69) is 26.2 Å². The van der Waals surface area contributed by atoms with E-state index in [1.807, 2.05) is 0 Å². The maximum Gasteiger partial charge on any atom is 0.260 e. The average Bonchev–Trinajstić information content (AvgIpc) is 2.20. The molecule has 1 atom stereocenters. The second-order valence-corrected chi connectivity index (χ2v) is 3.42. The third-order valence-electron chi connectivity index (χ3n) is 1.64. The van der Waals surface area contributed by atoms with Crippen LogP contribution in [0.25, 0.3) is 0 Å². The Morgan fingerprint density at radius 1 is 1.71 bits per heavy atom. The van der Waals surface area contributed by atoms with Crippen molar-refractivity contribution >= 4 is 21.8 Å². The molecule has 0 aliphatic carbocycles. The summed E-state index contributed by atoms with van der Waals surface area (Å²) in [6.07, 6.45) is 1.11. The van der Waals surface area contributed by atoms with Crippen LogP contribution in [-0.4, -0.2) is 24.0 Å². The number of nitrogens with zero attached hydrogens (tertiary/aromatic N) is 1. The van der Waals surface area contributed by atoms with E-state index in [1.54, 1.807) is 32.3 Å². The Balaban J connectivity index is 2.69. The molecule has 14 heavy (non-hydrogen) atoms. The number of carbonyl (C=O) groups is 1. The number of amides is 1. The van der Waals surface area contributed by atoms with Crippen LogP contribution in [0.1, 0.15) is 6.92 Å². The first-order chi connectivity index (χ1) is 6.65. The van der Waals surface area contributed by atoms with E-state index >= 15 is 0 Å². The highest BCUT2D eigenvalue weighted by Gasteiger charge is 2.13. The van der Waals surface area contributed by atoms with Crippen molar-refractivity contribution < 1.29 is 9.53 Å². The van der Waals surface area contributed by atoms with E-state index in [0.29, 0.717) is 10.4 Å². The first kappa shape index (κ1) is 11.0. The van der Waals surface area contributed by atoms with Crippen LogP contribution in [0.4, 0.5) is 0 Å². The highest BCUT2D eigenvalue weighted by molar-refractivity contribution is 9.10. The number of carbonyl (C=O) groups excluding carboxylic acids is 1. The van der Waals surface area contributed by atoms with Crippen molar-refractivity contribution in [1.29, 1.82) is 0 Å². The van der Waals surface area contributed by atoms with Crippen LogP contribution in [0.15, 0.2) is 22.9 Å². The first-order valence-electron chi connectivity index (χ1n) is 4.14. The zero-order chi connectivity index (χ0) is 10.6. The lowest BCUT2D eigenvalue weighted by atomic mass is 10.3. The first-order valence-corrected chi connectivity index (χ1v) is 4.93. The van der Waals surface area contributed by atoms with Crippen LogP contribution in [-0.2, 0) is 4.79 Å². The number of aromatic nitrogens is 1. The summed E-state index contributed by atoms with van der Waals surface area (Å²) in [5.41, 5.74) is 0. The summed E-state index contributed by atoms with van der Waals surface area (Å²) in [5.74, 6) is 0.393. The lowest BCUT2D eigenvalue weighted by molar-refractivity contribution is -0.126. The second-order valence-electron chi connectivity index (χ2n) is 2.67. The highest BCUT2D eigenvalue weighted by atomic mass is 79.9. The summed E-state index contributed by atoms with van der Waals surface area (Å²) in [6, 6.07) is 3.49. The van der Waals surface area contributed by atoms with Gasteiger partial charge in [0.1, 0.15) is 4.60 Å². The normalized spacial score (nSPS) is 11.9. The van der Waals surface area contributed by atoms with Gasteiger partial charge in [-0.2, -0.15) is 0 Å². The largest absolute Gasteiger partial charge is 0.478 e. The molecule has 0 bridgehead atoms. The molecule has 4 nitrogen and oxygen atoms in total. The summed E-state index contributed by atoms with van der Waals surface area (Å²) < 4.78 is 5.97. The second kappa shape index (κ2) is 4.95. The van der Waals surface area contributed by atoms with E-state index in [-0.39, 0.29) is 5.91 Å². The summed E-state index contributed by atoms with van der Waals surface area (Å²) in [4.78, 5) is 15.1. The van der Waals surface area contributed by atoms with Crippen molar-refractivity contribution in [2.45, 2.75) is 13.0 Å². The number of hydrogen-bond donors (Lipinski definition) is 1. The quantitative estimate of drug-likeness (QED) is 0.834. The fraction of sp³-hybridized carbons (Fsp3) is 0.333. The maximum absolute atomic E-state index is 11.2. The zero-order valence-electron chi connectivity index (χ0n) is 7.95. The number of halogens is 1. The molecular weight excluding hydrogens is 248 g/mol. The topological polar surface area (TPSA) is 51.2 Å². The van der Waals surface area contributed by atoms with E-state index in [0.717, 1.165) is 0 Å². The lowest BCUT2D eigenvalue weighted by Gasteiger charge is -2.13. The van der Waals surface area contributed by atoms with Gasteiger partial charge in [-0.3, -0.25) is 4.79 Å². The van der Waals surface area contributed by atoms with Gasteiger partial charge in [0.2, 0.25) is 0 Å². The van der Waals surface area contributed by atoms with Gasteiger partial charge < -0.3 is 10.1 Å². The molecule has 1 aromatic rings. The van der Waals surface area contributed by atoms with Crippen LogP contribution < -0.4 is 10.1 Å². The molecule has 0 saturated heterocycles. The maximum atomic E-state index is 11.2. The van der Waals surface area contributed by atoms with Gasteiger partial charge in [0.25, 0.3) is 5.91 Å². The van der Waals surface area contributed by atoms with Crippen molar-refractivity contribution in [3.05, 3.63) is 22.9 Å². The molecule has 1 rings (SSSR count). The van der Waals surface area contributed by atoms with Crippen LogP contribution in [0.3, 0.4) is 0 Å². The minimum Gasteiger partial charge on any atom is -0.478 e. The average molecular weight is 259 g/mol. The Labute approximate surface area is 90.8 Å². The predicted molar refractivity (Wildman–Crippen MR) is 56.1 cm³/mol. The molecule has 1 heterocycles. The summed E-state index contributed by atoms with van der Waals surface area (Å²) in [5, 5.41) is 2.50. The molecule has 1 N–H and O–H groups in total. The monoisotopic (exact) mass is 258 g/mol. The molecule has 5 heteroatoms. The summed E-state index contributed by atoms with van der Waals surface area (Å²) in [6.45, 7) is 1.68. The third kappa shape index (κ3) is 2.70. The molecule has 1 aromatic heterocycles. The standard InChI is InChI=1S/C9H11BrN2O2/c1-6(9(13)11-2)14-7-4-3-5-12-8(7)10/h3-6H,1-2H3,(H,11,13). The van der Waals surface area contributed by atoms with Gasteiger partial charge in [-0.05, 0) is 35.0 Å². The molecule has 0 fully saturated rings. The Hall–Kier alpha value is -1.10. The van der Waals surface area contributed by atoms with Gasteiger partial charge >= 0.3 is 0 Å². The molecule has 1 amide bonds. The SMILES string of the molecule is CNC(=O)C(C)Oc1cccnc1Br. The number of likely N-dealkylation sites (N-methyl/N-ethyl adjacent to an activating group) is 1. The van der Waals surface area contributed by atoms with Crippen LogP contribution in [0.2, 0.25) is 0 Å². The molecule has 0 aliphatic heterocycles. The summed E-state index contributed by atoms with van der Waals surface area (Å²) >= 11 is 3.23. The molecule has 0 spiro atoms. The van der Waals surface area contributed by atoms with Gasteiger partial charge in [0.15, 0.2) is 11.9 Å². The van der Waals surface area contributed by atoms with Crippen molar-refractivity contribution in [1.82, 2.24) is 10.3 Å². The van der Waals surface area contributed by atoms with Crippen LogP contribution in [0.5, 0.6) is 5.75 Å². The summed E-state index contributed by atoms with van der Waals surface area (Å²) in [7, 11) is 1.57. The fourth-order valence-corrected chi connectivity index (χ4v) is 1.25. The Kier molecular flexibility index (Phi) is 3.88. The predicted octanol–water partition coefficient (Wildman–Crippen LogP) is 1.36. The smallest absolute Gasteiger partial charge is 0.260 e. The Bertz CT molecular complexity index is 330. The minimum atomic E-state index is -0.527. The Morgan fingerprint density at radius 2 is 2.43 bits per heavy atom. The van der Waals surface area contributed by atoms with Crippen LogP contribution >= 0.6 is 15.9 Å². The van der Waals surface area contributed by atoms with Crippen molar-refractivity contribution in [3.63, 3.8) is 0 Å². The van der Waals surface area contributed by atoms with Gasteiger partial charge in [0.05, 0.1) is 0 Å². The lowest BCUT2D eigenvalue weighted by Crippen LogP contribution is -2.33. The fourth-order valence-electron chi connectivity index (χ4n) is 0.906. The van der Waals surface area contributed by atoms with E-state index in [1.165, 1.54) is 0 Å². The van der Waals surface area contributed by atoms with Crippen molar-refractivity contribution in [2.24, 2.45) is 0 Å². The van der Waals surface area contributed by atoms with Gasteiger partial charge in [-0.25, -0.2) is 4.98 Å². The molecule has 0 aromatic carbocycles. The van der Waals surface area contributed by atoms with Gasteiger partial charge in [-0.15, -0.1) is 0 Å². The number of pyridine rings is 1.